The van der Waals surface area contributed by atoms with Crippen molar-refractivity contribution in [2.75, 3.05) is 0 Å². The summed E-state index contributed by atoms with van der Waals surface area (Å²) in [6, 6.07) is 6.41. The maximum Gasteiger partial charge on any atom is 0.227 e. The average Bonchev–Trinajstić information content (AvgIpc) is 2.95. The molecule has 1 aromatic carbocycles. The number of benzene rings is 1. The minimum absolute atomic E-state index is 0.248. The van der Waals surface area contributed by atoms with Gasteiger partial charge in [-0.3, -0.25) is 4.79 Å². The van der Waals surface area contributed by atoms with Crippen LogP contribution in [0.1, 0.15) is 50.7 Å². The lowest BCUT2D eigenvalue weighted by atomic mass is 9.97. The third-order valence-corrected chi connectivity index (χ3v) is 4.32. The van der Waals surface area contributed by atoms with Gasteiger partial charge in [-0.05, 0) is 30.0 Å². The standard InChI is InChI=1S/C14H16ClNO.C2H6/c15-13-7-3-4-10-9-16(11-5-1-2-6-11)14(17)8-12(10)13;1-2/h3-4,7,11H,1-2,5-6,8-9H2;1-2H3. The zero-order valence-corrected chi connectivity index (χ0v) is 12.5. The first-order valence-corrected chi connectivity index (χ1v) is 7.69. The summed E-state index contributed by atoms with van der Waals surface area (Å²) < 4.78 is 0. The van der Waals surface area contributed by atoms with E-state index in [1.165, 1.54) is 31.2 Å². The number of carbonyl (C=O) groups is 1. The summed E-state index contributed by atoms with van der Waals surface area (Å²) in [5, 5.41) is 0.738. The third-order valence-electron chi connectivity index (χ3n) is 3.97. The van der Waals surface area contributed by atoms with Crippen molar-refractivity contribution in [2.24, 2.45) is 0 Å². The van der Waals surface area contributed by atoms with Crippen LogP contribution in [0.4, 0.5) is 0 Å². The molecule has 0 spiro atoms. The van der Waals surface area contributed by atoms with E-state index in [-0.39, 0.29) is 5.91 Å². The van der Waals surface area contributed by atoms with Crippen LogP contribution in [0.15, 0.2) is 18.2 Å². The summed E-state index contributed by atoms with van der Waals surface area (Å²) in [5.41, 5.74) is 2.26. The lowest BCUT2D eigenvalue weighted by molar-refractivity contribution is -0.134. The van der Waals surface area contributed by atoms with Crippen LogP contribution in [-0.2, 0) is 17.8 Å². The summed E-state index contributed by atoms with van der Waals surface area (Å²) >= 11 is 6.14. The van der Waals surface area contributed by atoms with E-state index in [2.05, 4.69) is 11.0 Å². The van der Waals surface area contributed by atoms with Gasteiger partial charge in [-0.25, -0.2) is 0 Å². The lowest BCUT2D eigenvalue weighted by Crippen LogP contribution is -2.42. The van der Waals surface area contributed by atoms with E-state index in [0.717, 1.165) is 17.1 Å². The van der Waals surface area contributed by atoms with Gasteiger partial charge >= 0.3 is 0 Å². The minimum Gasteiger partial charge on any atom is -0.335 e. The first-order valence-electron chi connectivity index (χ1n) is 7.31. The Labute approximate surface area is 120 Å². The molecule has 1 fully saturated rings. The van der Waals surface area contributed by atoms with Gasteiger partial charge in [-0.1, -0.05) is 50.4 Å². The van der Waals surface area contributed by atoms with E-state index in [4.69, 9.17) is 11.6 Å². The largest absolute Gasteiger partial charge is 0.335 e. The number of fused-ring (bicyclic) bond motifs is 1. The fourth-order valence-electron chi connectivity index (χ4n) is 3.02. The highest BCUT2D eigenvalue weighted by atomic mass is 35.5. The Morgan fingerprint density at radius 3 is 2.58 bits per heavy atom. The highest BCUT2D eigenvalue weighted by molar-refractivity contribution is 6.31. The van der Waals surface area contributed by atoms with Crippen LogP contribution in [0.3, 0.4) is 0 Å². The molecule has 1 saturated carbocycles. The Kier molecular flexibility index (Phi) is 4.87. The molecule has 0 atom stereocenters. The number of hydrogen-bond acceptors (Lipinski definition) is 1. The number of halogens is 1. The van der Waals surface area contributed by atoms with Crippen molar-refractivity contribution in [3.63, 3.8) is 0 Å². The van der Waals surface area contributed by atoms with Gasteiger partial charge in [0.25, 0.3) is 0 Å². The maximum atomic E-state index is 12.2. The van der Waals surface area contributed by atoms with Crippen molar-refractivity contribution in [1.29, 1.82) is 0 Å². The Morgan fingerprint density at radius 1 is 1.21 bits per heavy atom. The first-order chi connectivity index (χ1) is 9.25. The molecule has 1 amide bonds. The predicted molar refractivity (Wildman–Crippen MR) is 79.3 cm³/mol. The van der Waals surface area contributed by atoms with E-state index < -0.39 is 0 Å². The third kappa shape index (κ3) is 2.94. The number of carbonyl (C=O) groups excluding carboxylic acids is 1. The number of hydrogen-bond donors (Lipinski definition) is 0. The normalized spacial score (nSPS) is 18.9. The van der Waals surface area contributed by atoms with Gasteiger partial charge in [-0.15, -0.1) is 0 Å². The quantitative estimate of drug-likeness (QED) is 0.755. The fraction of sp³-hybridized carbons (Fsp3) is 0.562. The highest BCUT2D eigenvalue weighted by Crippen LogP contribution is 2.31. The summed E-state index contributed by atoms with van der Waals surface area (Å²) in [7, 11) is 0. The van der Waals surface area contributed by atoms with Crippen molar-refractivity contribution in [3.05, 3.63) is 34.3 Å². The van der Waals surface area contributed by atoms with Crippen LogP contribution in [0.25, 0.3) is 0 Å². The molecule has 0 N–H and O–H groups in total. The van der Waals surface area contributed by atoms with Gasteiger partial charge in [0, 0.05) is 17.6 Å². The topological polar surface area (TPSA) is 20.3 Å². The molecule has 3 rings (SSSR count). The van der Waals surface area contributed by atoms with Gasteiger partial charge in [0.2, 0.25) is 5.91 Å². The Morgan fingerprint density at radius 2 is 1.89 bits per heavy atom. The highest BCUT2D eigenvalue weighted by Gasteiger charge is 2.31. The van der Waals surface area contributed by atoms with Crippen molar-refractivity contribution in [2.45, 2.75) is 58.5 Å². The van der Waals surface area contributed by atoms with Gasteiger partial charge in [0.05, 0.1) is 6.42 Å². The molecule has 1 heterocycles. The van der Waals surface area contributed by atoms with Gasteiger partial charge in [0.1, 0.15) is 0 Å². The molecule has 1 aromatic rings. The van der Waals surface area contributed by atoms with E-state index in [9.17, 15) is 4.79 Å². The molecule has 1 aliphatic heterocycles. The molecule has 104 valence electrons. The molecule has 19 heavy (non-hydrogen) atoms. The van der Waals surface area contributed by atoms with Crippen LogP contribution in [-0.4, -0.2) is 16.8 Å². The van der Waals surface area contributed by atoms with E-state index in [1.807, 2.05) is 26.0 Å². The van der Waals surface area contributed by atoms with Gasteiger partial charge in [-0.2, -0.15) is 0 Å². The first kappa shape index (κ1) is 14.4. The maximum absolute atomic E-state index is 12.2. The second kappa shape index (κ2) is 6.42. The monoisotopic (exact) mass is 279 g/mol. The van der Waals surface area contributed by atoms with Crippen molar-refractivity contribution in [3.8, 4) is 0 Å². The summed E-state index contributed by atoms with van der Waals surface area (Å²) in [5.74, 6) is 0.248. The van der Waals surface area contributed by atoms with Crippen LogP contribution in [0.5, 0.6) is 0 Å². The van der Waals surface area contributed by atoms with Crippen LogP contribution >= 0.6 is 11.6 Å². The van der Waals surface area contributed by atoms with E-state index >= 15 is 0 Å². The van der Waals surface area contributed by atoms with Crippen LogP contribution in [0.2, 0.25) is 5.02 Å². The Hall–Kier alpha value is -1.02. The molecule has 3 heteroatoms. The molecular weight excluding hydrogens is 258 g/mol. The molecule has 1 aliphatic carbocycles. The SMILES string of the molecule is CC.O=C1Cc2c(Cl)cccc2CN1C1CCCC1. The molecule has 0 radical (unpaired) electrons. The molecule has 0 unspecified atom stereocenters. The van der Waals surface area contributed by atoms with E-state index in [0.29, 0.717) is 12.5 Å². The van der Waals surface area contributed by atoms with Crippen molar-refractivity contribution in [1.82, 2.24) is 4.90 Å². The fourth-order valence-corrected chi connectivity index (χ4v) is 3.28. The number of nitrogens with zero attached hydrogens (tertiary/aromatic N) is 1. The zero-order chi connectivity index (χ0) is 13.8. The predicted octanol–water partition coefficient (Wildman–Crippen LogP) is 4.19. The molecule has 2 nitrogen and oxygen atoms in total. The van der Waals surface area contributed by atoms with Gasteiger partial charge in [0.15, 0.2) is 0 Å². The molecule has 0 saturated heterocycles. The lowest BCUT2D eigenvalue weighted by Gasteiger charge is -2.34. The minimum atomic E-state index is 0.248. The van der Waals surface area contributed by atoms with Crippen LogP contribution < -0.4 is 0 Å². The second-order valence-corrected chi connectivity index (χ2v) is 5.42. The zero-order valence-electron chi connectivity index (χ0n) is 11.8. The molecule has 2 aliphatic rings. The molecule has 0 aromatic heterocycles. The van der Waals surface area contributed by atoms with Gasteiger partial charge < -0.3 is 4.90 Å². The molecule has 0 bridgehead atoms. The second-order valence-electron chi connectivity index (χ2n) is 5.01. The number of rotatable bonds is 1. The van der Waals surface area contributed by atoms with Crippen LogP contribution in [0, 0.1) is 0 Å². The summed E-state index contributed by atoms with van der Waals surface area (Å²) in [4.78, 5) is 14.2. The smallest absolute Gasteiger partial charge is 0.227 e. The average molecular weight is 280 g/mol. The Bertz CT molecular complexity index is 452. The van der Waals surface area contributed by atoms with E-state index in [1.54, 1.807) is 0 Å². The summed E-state index contributed by atoms with van der Waals surface area (Å²) in [6.45, 7) is 4.75. The number of amides is 1. The van der Waals surface area contributed by atoms with Crippen molar-refractivity contribution < 1.29 is 4.79 Å². The Balaban J connectivity index is 0.000000637. The van der Waals surface area contributed by atoms with Crippen molar-refractivity contribution >= 4 is 17.5 Å². The summed E-state index contributed by atoms with van der Waals surface area (Å²) in [6.07, 6.45) is 5.34. The molecular formula is C16H22ClNO.